The van der Waals surface area contributed by atoms with Crippen molar-refractivity contribution < 1.29 is 9.18 Å². The summed E-state index contributed by atoms with van der Waals surface area (Å²) in [6.07, 6.45) is 0. The maximum Gasteiger partial charge on any atom is 0.253 e. The summed E-state index contributed by atoms with van der Waals surface area (Å²) in [7, 11) is 0. The summed E-state index contributed by atoms with van der Waals surface area (Å²) in [4.78, 5) is 12.1. The van der Waals surface area contributed by atoms with Gasteiger partial charge in [-0.1, -0.05) is 41.4 Å². The summed E-state index contributed by atoms with van der Waals surface area (Å²) in [6, 6.07) is 10.4. The number of benzene rings is 2. The van der Waals surface area contributed by atoms with Gasteiger partial charge in [0.1, 0.15) is 5.82 Å². The van der Waals surface area contributed by atoms with Gasteiger partial charge in [-0.15, -0.1) is 0 Å². The molecule has 0 saturated heterocycles. The molecule has 0 bridgehead atoms. The summed E-state index contributed by atoms with van der Waals surface area (Å²) in [5.41, 5.74) is 0.682. The molecule has 1 amide bonds. The molecule has 0 heterocycles. The maximum atomic E-state index is 13.6. The molecule has 2 nitrogen and oxygen atoms in total. The van der Waals surface area contributed by atoms with Gasteiger partial charge in [0, 0.05) is 10.6 Å². The summed E-state index contributed by atoms with van der Waals surface area (Å²) >= 11 is 11.8. The van der Waals surface area contributed by atoms with E-state index in [4.69, 9.17) is 23.2 Å². The quantitative estimate of drug-likeness (QED) is 0.880. The topological polar surface area (TPSA) is 29.1 Å². The SMILES string of the molecule is CC(NC(=O)c1cc(Cl)ccc1Cl)c1ccccc1F. The van der Waals surface area contributed by atoms with Crippen LogP contribution in [0.2, 0.25) is 10.0 Å². The lowest BCUT2D eigenvalue weighted by Gasteiger charge is -2.15. The number of halogens is 3. The van der Waals surface area contributed by atoms with Crippen molar-refractivity contribution >= 4 is 29.1 Å². The van der Waals surface area contributed by atoms with E-state index in [2.05, 4.69) is 5.32 Å². The van der Waals surface area contributed by atoms with Crippen molar-refractivity contribution in [1.82, 2.24) is 5.32 Å². The standard InChI is InChI=1S/C15H12Cl2FNO/c1-9(11-4-2-3-5-14(11)18)19-15(20)12-8-10(16)6-7-13(12)17/h2-9H,1H3,(H,19,20). The summed E-state index contributed by atoms with van der Waals surface area (Å²) in [5, 5.41) is 3.41. The van der Waals surface area contributed by atoms with Crippen LogP contribution in [-0.2, 0) is 0 Å². The van der Waals surface area contributed by atoms with Gasteiger partial charge in [0.05, 0.1) is 16.6 Å². The van der Waals surface area contributed by atoms with E-state index in [0.29, 0.717) is 15.6 Å². The van der Waals surface area contributed by atoms with Gasteiger partial charge in [-0.2, -0.15) is 0 Å². The number of hydrogen-bond acceptors (Lipinski definition) is 1. The van der Waals surface area contributed by atoms with Crippen LogP contribution < -0.4 is 5.32 Å². The second kappa shape index (κ2) is 6.25. The highest BCUT2D eigenvalue weighted by Crippen LogP contribution is 2.22. The highest BCUT2D eigenvalue weighted by molar-refractivity contribution is 6.35. The van der Waals surface area contributed by atoms with Crippen molar-refractivity contribution in [2.75, 3.05) is 0 Å². The van der Waals surface area contributed by atoms with Crippen molar-refractivity contribution in [2.24, 2.45) is 0 Å². The summed E-state index contributed by atoms with van der Waals surface area (Å²) in [6.45, 7) is 1.70. The van der Waals surface area contributed by atoms with Crippen molar-refractivity contribution in [1.29, 1.82) is 0 Å². The Kier molecular flexibility index (Phi) is 4.63. The molecule has 0 spiro atoms. The molecule has 2 rings (SSSR count). The highest BCUT2D eigenvalue weighted by Gasteiger charge is 2.16. The Labute approximate surface area is 126 Å². The van der Waals surface area contributed by atoms with Crippen LogP contribution in [0.15, 0.2) is 42.5 Å². The second-order valence-electron chi connectivity index (χ2n) is 4.34. The molecule has 1 atom stereocenters. The highest BCUT2D eigenvalue weighted by atomic mass is 35.5. The first kappa shape index (κ1) is 14.8. The minimum absolute atomic E-state index is 0.266. The van der Waals surface area contributed by atoms with Crippen LogP contribution in [0.25, 0.3) is 0 Å². The van der Waals surface area contributed by atoms with Crippen molar-refractivity contribution in [3.05, 3.63) is 69.5 Å². The van der Waals surface area contributed by atoms with E-state index in [1.165, 1.54) is 12.1 Å². The first-order valence-electron chi connectivity index (χ1n) is 5.99. The van der Waals surface area contributed by atoms with E-state index in [1.807, 2.05) is 0 Å². The van der Waals surface area contributed by atoms with Gasteiger partial charge in [-0.05, 0) is 31.2 Å². The molecule has 0 aromatic heterocycles. The van der Waals surface area contributed by atoms with Crippen LogP contribution in [-0.4, -0.2) is 5.91 Å². The fourth-order valence-electron chi connectivity index (χ4n) is 1.85. The molecule has 0 radical (unpaired) electrons. The van der Waals surface area contributed by atoms with Gasteiger partial charge in [0.2, 0.25) is 0 Å². The van der Waals surface area contributed by atoms with E-state index in [1.54, 1.807) is 37.3 Å². The molecule has 0 aliphatic carbocycles. The Balaban J connectivity index is 2.20. The average molecular weight is 312 g/mol. The zero-order valence-electron chi connectivity index (χ0n) is 10.7. The first-order valence-corrected chi connectivity index (χ1v) is 6.75. The smallest absolute Gasteiger partial charge is 0.253 e. The molecule has 2 aromatic carbocycles. The number of nitrogens with one attached hydrogen (secondary N) is 1. The van der Waals surface area contributed by atoms with Gasteiger partial charge in [-0.25, -0.2) is 4.39 Å². The third-order valence-electron chi connectivity index (χ3n) is 2.89. The molecule has 20 heavy (non-hydrogen) atoms. The molecule has 5 heteroatoms. The normalized spacial score (nSPS) is 12.0. The van der Waals surface area contributed by atoms with Gasteiger partial charge in [0.15, 0.2) is 0 Å². The number of carbonyl (C=O) groups is 1. The van der Waals surface area contributed by atoms with Crippen LogP contribution >= 0.6 is 23.2 Å². The third-order valence-corrected chi connectivity index (χ3v) is 3.46. The van der Waals surface area contributed by atoms with Crippen LogP contribution in [0.1, 0.15) is 28.9 Å². The number of carbonyl (C=O) groups excluding carboxylic acids is 1. The van der Waals surface area contributed by atoms with Crippen LogP contribution in [0.3, 0.4) is 0 Å². The molecule has 0 aliphatic rings. The molecule has 1 N–H and O–H groups in total. The Morgan fingerprint density at radius 1 is 1.20 bits per heavy atom. The molecular formula is C15H12Cl2FNO. The minimum atomic E-state index is -0.473. The Morgan fingerprint density at radius 3 is 2.60 bits per heavy atom. The van der Waals surface area contributed by atoms with E-state index >= 15 is 0 Å². The van der Waals surface area contributed by atoms with Crippen LogP contribution in [0, 0.1) is 5.82 Å². The Bertz CT molecular complexity index is 646. The second-order valence-corrected chi connectivity index (χ2v) is 5.18. The molecule has 104 valence electrons. The lowest BCUT2D eigenvalue weighted by molar-refractivity contribution is 0.0939. The molecule has 0 fully saturated rings. The Hall–Kier alpha value is -1.58. The molecule has 0 aliphatic heterocycles. The monoisotopic (exact) mass is 311 g/mol. The maximum absolute atomic E-state index is 13.6. The van der Waals surface area contributed by atoms with E-state index in [-0.39, 0.29) is 11.4 Å². The summed E-state index contributed by atoms with van der Waals surface area (Å²) < 4.78 is 13.6. The van der Waals surface area contributed by atoms with Gasteiger partial charge in [0.25, 0.3) is 5.91 Å². The molecule has 1 unspecified atom stereocenters. The van der Waals surface area contributed by atoms with Gasteiger partial charge in [-0.3, -0.25) is 4.79 Å². The van der Waals surface area contributed by atoms with Crippen molar-refractivity contribution in [3.8, 4) is 0 Å². The molecule has 0 saturated carbocycles. The predicted octanol–water partition coefficient (Wildman–Crippen LogP) is 4.62. The lowest BCUT2D eigenvalue weighted by atomic mass is 10.1. The fourth-order valence-corrected chi connectivity index (χ4v) is 2.23. The fraction of sp³-hybridized carbons (Fsp3) is 0.133. The average Bonchev–Trinajstić information content (AvgIpc) is 2.41. The molecule has 2 aromatic rings. The first-order chi connectivity index (χ1) is 9.49. The van der Waals surface area contributed by atoms with Crippen LogP contribution in [0.4, 0.5) is 4.39 Å². The summed E-state index contributed by atoms with van der Waals surface area (Å²) in [5.74, 6) is -0.759. The zero-order valence-corrected chi connectivity index (χ0v) is 12.2. The third kappa shape index (κ3) is 3.30. The predicted molar refractivity (Wildman–Crippen MR) is 78.7 cm³/mol. The van der Waals surface area contributed by atoms with Crippen LogP contribution in [0.5, 0.6) is 0 Å². The van der Waals surface area contributed by atoms with E-state index in [0.717, 1.165) is 0 Å². The van der Waals surface area contributed by atoms with E-state index < -0.39 is 11.9 Å². The van der Waals surface area contributed by atoms with Gasteiger partial charge < -0.3 is 5.32 Å². The molecular weight excluding hydrogens is 300 g/mol. The number of amides is 1. The van der Waals surface area contributed by atoms with Gasteiger partial charge >= 0.3 is 0 Å². The van der Waals surface area contributed by atoms with Crippen molar-refractivity contribution in [3.63, 3.8) is 0 Å². The van der Waals surface area contributed by atoms with E-state index in [9.17, 15) is 9.18 Å². The minimum Gasteiger partial charge on any atom is -0.345 e. The number of rotatable bonds is 3. The zero-order chi connectivity index (χ0) is 14.7. The lowest BCUT2D eigenvalue weighted by Crippen LogP contribution is -2.27. The van der Waals surface area contributed by atoms with Crippen molar-refractivity contribution in [2.45, 2.75) is 13.0 Å². The largest absolute Gasteiger partial charge is 0.345 e. The number of hydrogen-bond donors (Lipinski definition) is 1. The Morgan fingerprint density at radius 2 is 1.90 bits per heavy atom.